The van der Waals surface area contributed by atoms with E-state index in [1.807, 2.05) is 24.8 Å². The summed E-state index contributed by atoms with van der Waals surface area (Å²) < 4.78 is 0. The lowest BCUT2D eigenvalue weighted by Crippen LogP contribution is -2.58. The van der Waals surface area contributed by atoms with Crippen molar-refractivity contribution in [2.75, 3.05) is 46.3 Å². The van der Waals surface area contributed by atoms with Crippen molar-refractivity contribution in [1.82, 2.24) is 25.0 Å². The molecular weight excluding hydrogens is 461 g/mol. The summed E-state index contributed by atoms with van der Waals surface area (Å²) in [4.78, 5) is 36.2. The molecule has 9 heteroatoms. The Morgan fingerprint density at radius 1 is 1.09 bits per heavy atom. The Morgan fingerprint density at radius 3 is 2.39 bits per heavy atom. The third-order valence-electron chi connectivity index (χ3n) is 6.94. The van der Waals surface area contributed by atoms with Crippen molar-refractivity contribution in [3.8, 4) is 0 Å². The zero-order valence-electron chi connectivity index (χ0n) is 19.6. The summed E-state index contributed by atoms with van der Waals surface area (Å²) in [6.07, 6.45) is 4.11. The first kappa shape index (κ1) is 25.8. The Balaban J connectivity index is 0.00000306. The van der Waals surface area contributed by atoms with Gasteiger partial charge in [-0.25, -0.2) is 0 Å². The molecule has 0 aliphatic carbocycles. The summed E-state index contributed by atoms with van der Waals surface area (Å²) >= 11 is 6.14. The number of carbonyl (C=O) groups is 2. The number of aromatic nitrogens is 1. The van der Waals surface area contributed by atoms with E-state index < -0.39 is 6.04 Å². The van der Waals surface area contributed by atoms with Crippen LogP contribution in [-0.4, -0.2) is 89.9 Å². The minimum atomic E-state index is -0.541. The number of piperidine rings is 1. The molecule has 2 amide bonds. The van der Waals surface area contributed by atoms with Gasteiger partial charge in [-0.1, -0.05) is 31.5 Å². The third kappa shape index (κ3) is 5.83. The molecule has 3 heterocycles. The number of hydrogen-bond donors (Lipinski definition) is 2. The molecule has 2 N–H and O–H groups in total. The number of aromatic amines is 1. The van der Waals surface area contributed by atoms with Gasteiger partial charge in [0.05, 0.1) is 5.02 Å². The van der Waals surface area contributed by atoms with E-state index in [1.54, 1.807) is 18.3 Å². The molecule has 2 aliphatic heterocycles. The fourth-order valence-corrected chi connectivity index (χ4v) is 5.05. The second-order valence-corrected chi connectivity index (χ2v) is 9.90. The van der Waals surface area contributed by atoms with Crippen molar-refractivity contribution >= 4 is 46.7 Å². The van der Waals surface area contributed by atoms with E-state index in [0.717, 1.165) is 50.2 Å². The highest BCUT2D eigenvalue weighted by atomic mass is 35.5. The molecule has 1 aromatic carbocycles. The topological polar surface area (TPSA) is 71.7 Å². The first-order valence-corrected chi connectivity index (χ1v) is 12.0. The van der Waals surface area contributed by atoms with Gasteiger partial charge in [-0.2, -0.15) is 0 Å². The normalized spacial score (nSPS) is 19.5. The molecule has 4 rings (SSSR count). The van der Waals surface area contributed by atoms with Gasteiger partial charge in [0.15, 0.2) is 0 Å². The van der Waals surface area contributed by atoms with Gasteiger partial charge >= 0.3 is 0 Å². The number of nitrogens with zero attached hydrogens (tertiary/aromatic N) is 3. The summed E-state index contributed by atoms with van der Waals surface area (Å²) in [5, 5.41) is 4.49. The highest BCUT2D eigenvalue weighted by Gasteiger charge is 2.33. The van der Waals surface area contributed by atoms with Gasteiger partial charge in [-0.15, -0.1) is 12.4 Å². The predicted molar refractivity (Wildman–Crippen MR) is 135 cm³/mol. The average molecular weight is 496 g/mol. The van der Waals surface area contributed by atoms with Crippen LogP contribution in [0.25, 0.3) is 10.9 Å². The zero-order valence-corrected chi connectivity index (χ0v) is 21.2. The molecule has 2 aliphatic rings. The Bertz CT molecular complexity index is 963. The highest BCUT2D eigenvalue weighted by molar-refractivity contribution is 6.35. The van der Waals surface area contributed by atoms with Crippen LogP contribution in [0.4, 0.5) is 0 Å². The zero-order chi connectivity index (χ0) is 22.8. The maximum Gasteiger partial charge on any atom is 0.252 e. The van der Waals surface area contributed by atoms with E-state index in [4.69, 9.17) is 11.6 Å². The summed E-state index contributed by atoms with van der Waals surface area (Å²) in [7, 11) is 2.18. The number of likely N-dealkylation sites (tertiary alicyclic amines) is 1. The maximum absolute atomic E-state index is 13.3. The summed E-state index contributed by atoms with van der Waals surface area (Å²) in [5.74, 6) is -0.225. The maximum atomic E-state index is 13.3. The minimum absolute atomic E-state index is 0. The SMILES string of the molecule is CC(C)[C@@H](NC(=O)c1ccc2c(Cl)c[nH]c2c1)C(=O)N1CCN(C2CCN(C)CC2)CC1.Cl. The number of fused-ring (bicyclic) bond motifs is 1. The number of halogens is 2. The summed E-state index contributed by atoms with van der Waals surface area (Å²) in [6, 6.07) is 5.44. The first-order valence-electron chi connectivity index (χ1n) is 11.6. The molecule has 1 atom stereocenters. The monoisotopic (exact) mass is 495 g/mol. The quantitative estimate of drug-likeness (QED) is 0.667. The third-order valence-corrected chi connectivity index (χ3v) is 7.26. The van der Waals surface area contributed by atoms with Gasteiger partial charge in [0.2, 0.25) is 5.91 Å². The number of nitrogens with one attached hydrogen (secondary N) is 2. The molecule has 0 radical (unpaired) electrons. The van der Waals surface area contributed by atoms with Gasteiger partial charge in [-0.05, 0) is 51.0 Å². The van der Waals surface area contributed by atoms with E-state index in [9.17, 15) is 9.59 Å². The number of rotatable bonds is 5. The average Bonchev–Trinajstić information content (AvgIpc) is 3.17. The second-order valence-electron chi connectivity index (χ2n) is 9.49. The number of amides is 2. The number of H-pyrrole nitrogens is 1. The number of piperazine rings is 1. The lowest BCUT2D eigenvalue weighted by atomic mass is 10.0. The van der Waals surface area contributed by atoms with Gasteiger partial charge in [0.25, 0.3) is 5.91 Å². The molecule has 2 saturated heterocycles. The Hall–Kier alpha value is -1.80. The van der Waals surface area contributed by atoms with Crippen LogP contribution in [0.15, 0.2) is 24.4 Å². The molecule has 0 unspecified atom stereocenters. The van der Waals surface area contributed by atoms with E-state index in [1.165, 1.54) is 12.8 Å². The number of hydrogen-bond acceptors (Lipinski definition) is 4. The van der Waals surface area contributed by atoms with Crippen LogP contribution in [0.2, 0.25) is 5.02 Å². The molecule has 33 heavy (non-hydrogen) atoms. The molecule has 1 aromatic heterocycles. The molecule has 2 fully saturated rings. The van der Waals surface area contributed by atoms with Crippen LogP contribution < -0.4 is 5.32 Å². The van der Waals surface area contributed by atoms with Crippen LogP contribution in [0.3, 0.4) is 0 Å². The van der Waals surface area contributed by atoms with E-state index in [-0.39, 0.29) is 30.1 Å². The van der Waals surface area contributed by atoms with Crippen molar-refractivity contribution < 1.29 is 9.59 Å². The largest absolute Gasteiger partial charge is 0.360 e. The van der Waals surface area contributed by atoms with Crippen LogP contribution in [0, 0.1) is 5.92 Å². The highest BCUT2D eigenvalue weighted by Crippen LogP contribution is 2.24. The molecule has 182 valence electrons. The molecule has 2 aromatic rings. The Morgan fingerprint density at radius 2 is 1.76 bits per heavy atom. The van der Waals surface area contributed by atoms with Crippen molar-refractivity contribution in [2.45, 2.75) is 38.8 Å². The van der Waals surface area contributed by atoms with Gasteiger partial charge in [0, 0.05) is 54.9 Å². The summed E-state index contributed by atoms with van der Waals surface area (Å²) in [5.41, 5.74) is 1.32. The molecule has 0 saturated carbocycles. The van der Waals surface area contributed by atoms with Crippen molar-refractivity contribution in [2.24, 2.45) is 5.92 Å². The second kappa shape index (κ2) is 11.1. The van der Waals surface area contributed by atoms with Gasteiger partial charge < -0.3 is 20.1 Å². The van der Waals surface area contributed by atoms with E-state index in [0.29, 0.717) is 16.6 Å². The molecule has 7 nitrogen and oxygen atoms in total. The molecular formula is C24H35Cl2N5O2. The number of carbonyl (C=O) groups excluding carboxylic acids is 2. The lowest BCUT2D eigenvalue weighted by molar-refractivity contribution is -0.136. The van der Waals surface area contributed by atoms with Crippen molar-refractivity contribution in [3.05, 3.63) is 35.0 Å². The van der Waals surface area contributed by atoms with Crippen LogP contribution in [0.1, 0.15) is 37.0 Å². The molecule has 0 bridgehead atoms. The predicted octanol–water partition coefficient (Wildman–Crippen LogP) is 3.24. The fourth-order valence-electron chi connectivity index (χ4n) is 4.83. The first-order chi connectivity index (χ1) is 15.3. The van der Waals surface area contributed by atoms with Crippen molar-refractivity contribution in [3.63, 3.8) is 0 Å². The Kier molecular flexibility index (Phi) is 8.67. The minimum Gasteiger partial charge on any atom is -0.360 e. The standard InChI is InChI=1S/C24H34ClN5O2.ClH/c1-16(2)22(27-23(31)17-4-5-19-20(25)15-26-21(19)14-17)24(32)30-12-10-29(11-13-30)18-6-8-28(3)9-7-18;/h4-5,14-16,18,22,26H,6-13H2,1-3H3,(H,27,31);1H/t22-;/m1./s1. The van der Waals surface area contributed by atoms with Gasteiger partial charge in [0.1, 0.15) is 6.04 Å². The van der Waals surface area contributed by atoms with Crippen molar-refractivity contribution in [1.29, 1.82) is 0 Å². The van der Waals surface area contributed by atoms with E-state index in [2.05, 4.69) is 27.1 Å². The lowest BCUT2D eigenvalue weighted by Gasteiger charge is -2.43. The van der Waals surface area contributed by atoms with Crippen LogP contribution in [-0.2, 0) is 4.79 Å². The smallest absolute Gasteiger partial charge is 0.252 e. The Labute approximate surface area is 207 Å². The van der Waals surface area contributed by atoms with E-state index >= 15 is 0 Å². The van der Waals surface area contributed by atoms with Gasteiger partial charge in [-0.3, -0.25) is 14.5 Å². The fraction of sp³-hybridized carbons (Fsp3) is 0.583. The number of benzene rings is 1. The summed E-state index contributed by atoms with van der Waals surface area (Å²) in [6.45, 7) is 9.50. The van der Waals surface area contributed by atoms with Crippen LogP contribution in [0.5, 0.6) is 0 Å². The van der Waals surface area contributed by atoms with Crippen LogP contribution >= 0.6 is 24.0 Å². The molecule has 0 spiro atoms.